The van der Waals surface area contributed by atoms with E-state index in [2.05, 4.69) is 10.3 Å². The lowest BCUT2D eigenvalue weighted by atomic mass is 10.2. The first-order valence-corrected chi connectivity index (χ1v) is 7.46. The fourth-order valence-corrected chi connectivity index (χ4v) is 2.25. The molecular weight excluding hydrogens is 305 g/mol. The molecule has 0 atom stereocenters. The van der Waals surface area contributed by atoms with Crippen LogP contribution in [0.3, 0.4) is 0 Å². The van der Waals surface area contributed by atoms with Crippen LogP contribution >= 0.6 is 0 Å². The molecule has 0 saturated carbocycles. The van der Waals surface area contributed by atoms with Gasteiger partial charge in [0.15, 0.2) is 0 Å². The predicted octanol–water partition coefficient (Wildman–Crippen LogP) is 4.24. The molecule has 0 aliphatic rings. The molecule has 0 aliphatic heterocycles. The predicted molar refractivity (Wildman–Crippen MR) is 93.1 cm³/mol. The number of nitrogens with one attached hydrogen (secondary N) is 1. The molecule has 2 aromatic carbocycles. The first-order chi connectivity index (χ1) is 11.6. The number of rotatable bonds is 4. The number of benzene rings is 2. The zero-order chi connectivity index (χ0) is 16.9. The van der Waals surface area contributed by atoms with Gasteiger partial charge in [0.1, 0.15) is 11.5 Å². The molecule has 0 spiro atoms. The van der Waals surface area contributed by atoms with Gasteiger partial charge in [-0.1, -0.05) is 30.3 Å². The molecule has 1 amide bonds. The number of carbonyl (C=O) groups is 1. The van der Waals surface area contributed by atoms with E-state index in [0.29, 0.717) is 17.1 Å². The Bertz CT molecular complexity index is 835. The Balaban J connectivity index is 1.75. The van der Waals surface area contributed by atoms with Crippen LogP contribution in [0.5, 0.6) is 0 Å². The third-order valence-electron chi connectivity index (χ3n) is 3.58. The molecule has 5 heteroatoms. The van der Waals surface area contributed by atoms with Crippen molar-refractivity contribution in [1.29, 1.82) is 0 Å². The van der Waals surface area contributed by atoms with Gasteiger partial charge in [-0.15, -0.1) is 0 Å². The van der Waals surface area contributed by atoms with Crippen molar-refractivity contribution in [3.05, 3.63) is 84.4 Å². The zero-order valence-corrected chi connectivity index (χ0v) is 13.1. The van der Waals surface area contributed by atoms with Crippen molar-refractivity contribution in [3.8, 4) is 0 Å². The lowest BCUT2D eigenvalue weighted by Crippen LogP contribution is -2.26. The topological polar surface area (TPSA) is 45.2 Å². The normalized spacial score (nSPS) is 10.2. The van der Waals surface area contributed by atoms with Crippen LogP contribution in [0.25, 0.3) is 0 Å². The number of halogens is 1. The van der Waals surface area contributed by atoms with Crippen molar-refractivity contribution in [2.24, 2.45) is 0 Å². The van der Waals surface area contributed by atoms with Crippen LogP contribution in [-0.4, -0.2) is 17.9 Å². The lowest BCUT2D eigenvalue weighted by molar-refractivity contribution is 0.0988. The minimum Gasteiger partial charge on any atom is -0.352 e. The number of pyridine rings is 1. The van der Waals surface area contributed by atoms with Crippen LogP contribution in [0, 0.1) is 5.82 Å². The maximum absolute atomic E-state index is 13.6. The molecule has 120 valence electrons. The second-order valence-corrected chi connectivity index (χ2v) is 5.24. The second-order valence-electron chi connectivity index (χ2n) is 5.24. The molecule has 4 nitrogen and oxygen atoms in total. The Morgan fingerprint density at radius 1 is 1.00 bits per heavy atom. The van der Waals surface area contributed by atoms with E-state index >= 15 is 0 Å². The van der Waals surface area contributed by atoms with Crippen molar-refractivity contribution in [2.75, 3.05) is 17.3 Å². The summed E-state index contributed by atoms with van der Waals surface area (Å²) in [4.78, 5) is 18.2. The Hall–Kier alpha value is -3.21. The Morgan fingerprint density at radius 3 is 2.38 bits per heavy atom. The quantitative estimate of drug-likeness (QED) is 0.782. The molecule has 0 radical (unpaired) electrons. The van der Waals surface area contributed by atoms with E-state index in [1.807, 2.05) is 30.3 Å². The van der Waals surface area contributed by atoms with Gasteiger partial charge >= 0.3 is 0 Å². The molecule has 3 rings (SSSR count). The molecule has 0 aliphatic carbocycles. The highest BCUT2D eigenvalue weighted by atomic mass is 19.1. The van der Waals surface area contributed by atoms with Crippen molar-refractivity contribution < 1.29 is 9.18 Å². The van der Waals surface area contributed by atoms with E-state index in [4.69, 9.17) is 0 Å². The molecule has 0 fully saturated rings. The number of anilines is 3. The summed E-state index contributed by atoms with van der Waals surface area (Å²) in [6.45, 7) is 0. The van der Waals surface area contributed by atoms with Crippen LogP contribution in [0.4, 0.5) is 21.5 Å². The molecule has 0 unspecified atom stereocenters. The van der Waals surface area contributed by atoms with E-state index < -0.39 is 0 Å². The van der Waals surface area contributed by atoms with Crippen LogP contribution in [0.2, 0.25) is 0 Å². The van der Waals surface area contributed by atoms with Gasteiger partial charge in [-0.2, -0.15) is 0 Å². The third-order valence-corrected chi connectivity index (χ3v) is 3.58. The van der Waals surface area contributed by atoms with Gasteiger partial charge in [0, 0.05) is 12.7 Å². The molecule has 3 aromatic rings. The maximum atomic E-state index is 13.6. The summed E-state index contributed by atoms with van der Waals surface area (Å²) in [6, 6.07) is 19.0. The van der Waals surface area contributed by atoms with Gasteiger partial charge < -0.3 is 10.2 Å². The fraction of sp³-hybridized carbons (Fsp3) is 0.0526. The van der Waals surface area contributed by atoms with Crippen LogP contribution in [0.1, 0.15) is 10.5 Å². The average molecular weight is 321 g/mol. The van der Waals surface area contributed by atoms with Crippen LogP contribution in [-0.2, 0) is 0 Å². The van der Waals surface area contributed by atoms with E-state index in [0.717, 1.165) is 5.69 Å². The molecule has 0 bridgehead atoms. The third kappa shape index (κ3) is 3.41. The summed E-state index contributed by atoms with van der Waals surface area (Å²) in [5, 5.41) is 2.94. The van der Waals surface area contributed by atoms with Gasteiger partial charge in [-0.3, -0.25) is 4.79 Å². The molecule has 1 N–H and O–H groups in total. The van der Waals surface area contributed by atoms with Crippen LogP contribution in [0.15, 0.2) is 72.9 Å². The van der Waals surface area contributed by atoms with Gasteiger partial charge in [-0.25, -0.2) is 9.37 Å². The maximum Gasteiger partial charge on any atom is 0.276 e. The first kappa shape index (κ1) is 15.7. The minimum absolute atomic E-state index is 0.210. The number of amides is 1. The number of para-hydroxylation sites is 2. The summed E-state index contributed by atoms with van der Waals surface area (Å²) in [5.74, 6) is -0.555. The van der Waals surface area contributed by atoms with E-state index in [1.54, 1.807) is 37.4 Å². The average Bonchev–Trinajstić information content (AvgIpc) is 2.64. The van der Waals surface area contributed by atoms with Gasteiger partial charge in [0.05, 0.1) is 17.6 Å². The SMILES string of the molecule is CN(C(=O)c1ccc(Nc2ccccc2F)cn1)c1ccccc1. The first-order valence-electron chi connectivity index (χ1n) is 7.46. The zero-order valence-electron chi connectivity index (χ0n) is 13.1. The number of carbonyl (C=O) groups excluding carboxylic acids is 1. The monoisotopic (exact) mass is 321 g/mol. The Labute approximate surface area is 139 Å². The van der Waals surface area contributed by atoms with Crippen molar-refractivity contribution in [1.82, 2.24) is 4.98 Å². The molecule has 1 aromatic heterocycles. The largest absolute Gasteiger partial charge is 0.352 e. The molecule has 1 heterocycles. The van der Waals surface area contributed by atoms with Crippen molar-refractivity contribution in [3.63, 3.8) is 0 Å². The van der Waals surface area contributed by atoms with Gasteiger partial charge in [0.2, 0.25) is 0 Å². The summed E-state index contributed by atoms with van der Waals surface area (Å²) in [5.41, 5.74) is 2.08. The smallest absolute Gasteiger partial charge is 0.276 e. The molecule has 24 heavy (non-hydrogen) atoms. The van der Waals surface area contributed by atoms with E-state index in [1.165, 1.54) is 17.2 Å². The van der Waals surface area contributed by atoms with Gasteiger partial charge in [0.25, 0.3) is 5.91 Å². The second kappa shape index (κ2) is 6.91. The van der Waals surface area contributed by atoms with Crippen molar-refractivity contribution in [2.45, 2.75) is 0 Å². The molecular formula is C19H16FN3O. The van der Waals surface area contributed by atoms with E-state index in [-0.39, 0.29) is 11.7 Å². The fourth-order valence-electron chi connectivity index (χ4n) is 2.25. The van der Waals surface area contributed by atoms with Crippen molar-refractivity contribution >= 4 is 23.0 Å². The number of nitrogens with zero attached hydrogens (tertiary/aromatic N) is 2. The Kier molecular flexibility index (Phi) is 4.52. The number of hydrogen-bond acceptors (Lipinski definition) is 3. The minimum atomic E-state index is -0.346. The summed E-state index contributed by atoms with van der Waals surface area (Å²) in [6.07, 6.45) is 1.51. The number of aromatic nitrogens is 1. The standard InChI is InChI=1S/C19H16FN3O/c1-23(15-7-3-2-4-8-15)19(24)18-12-11-14(13-21-18)22-17-10-6-5-9-16(17)20/h2-13,22H,1H3. The highest BCUT2D eigenvalue weighted by molar-refractivity contribution is 6.04. The van der Waals surface area contributed by atoms with Crippen LogP contribution < -0.4 is 10.2 Å². The molecule has 0 saturated heterocycles. The lowest BCUT2D eigenvalue weighted by Gasteiger charge is -2.17. The number of hydrogen-bond donors (Lipinski definition) is 1. The van der Waals surface area contributed by atoms with Gasteiger partial charge in [-0.05, 0) is 36.4 Å². The Morgan fingerprint density at radius 2 is 1.71 bits per heavy atom. The summed E-state index contributed by atoms with van der Waals surface area (Å²) < 4.78 is 13.6. The highest BCUT2D eigenvalue weighted by Crippen LogP contribution is 2.20. The summed E-state index contributed by atoms with van der Waals surface area (Å²) in [7, 11) is 1.70. The highest BCUT2D eigenvalue weighted by Gasteiger charge is 2.14. The van der Waals surface area contributed by atoms with E-state index in [9.17, 15) is 9.18 Å². The summed E-state index contributed by atoms with van der Waals surface area (Å²) >= 11 is 0.